The van der Waals surface area contributed by atoms with Crippen molar-refractivity contribution in [3.05, 3.63) is 44.5 Å². The lowest BCUT2D eigenvalue weighted by molar-refractivity contribution is -0.394. The van der Waals surface area contributed by atoms with Crippen LogP contribution in [0.4, 0.5) is 11.4 Å². The van der Waals surface area contributed by atoms with Crippen molar-refractivity contribution >= 4 is 28.7 Å². The van der Waals surface area contributed by atoms with Crippen LogP contribution in [0.15, 0.2) is 24.3 Å². The number of rotatable bonds is 2. The van der Waals surface area contributed by atoms with Crippen molar-refractivity contribution in [2.45, 2.75) is 0 Å². The normalized spacial score (nSPS) is 8.33. The molecule has 1 aromatic carbocycles. The van der Waals surface area contributed by atoms with Gasteiger partial charge >= 0.3 is 0 Å². The van der Waals surface area contributed by atoms with Crippen LogP contribution in [-0.4, -0.2) is 15.6 Å². The zero-order valence-corrected chi connectivity index (χ0v) is 7.96. The van der Waals surface area contributed by atoms with E-state index in [9.17, 15) is 20.2 Å². The van der Waals surface area contributed by atoms with Crippen molar-refractivity contribution < 1.29 is 14.6 Å². The first-order valence-electron chi connectivity index (χ1n) is 3.45. The molecule has 8 heteroatoms. The van der Waals surface area contributed by atoms with Crippen LogP contribution in [0.5, 0.6) is 0 Å². The molecule has 0 aliphatic rings. The Morgan fingerprint density at radius 3 is 1.73 bits per heavy atom. The molecule has 0 N–H and O–H groups in total. The van der Waals surface area contributed by atoms with Gasteiger partial charge in [0.2, 0.25) is 5.75 Å². The van der Waals surface area contributed by atoms with E-state index in [0.717, 1.165) is 6.07 Å². The molecule has 15 heavy (non-hydrogen) atoms. The molecule has 80 valence electrons. The standard InChI is InChI=1S/C6H4N2O4.CHClO/c9-7(10)5-2-1-3-6(4-5)8(11)12;2-1-3/h1-4H;1H. The Balaban J connectivity index is 0.000000583. The van der Waals surface area contributed by atoms with Crippen LogP contribution in [0.1, 0.15) is 0 Å². The first-order chi connectivity index (χ1) is 7.02. The minimum Gasteiger partial charge on any atom is -0.285 e. The van der Waals surface area contributed by atoms with Crippen molar-refractivity contribution in [1.29, 1.82) is 0 Å². The van der Waals surface area contributed by atoms with E-state index in [1.165, 1.54) is 18.2 Å². The summed E-state index contributed by atoms with van der Waals surface area (Å²) in [6.45, 7) is 0. The first kappa shape index (κ1) is 13.0. The molecule has 0 aliphatic heterocycles. The molecule has 0 saturated carbocycles. The fourth-order valence-electron chi connectivity index (χ4n) is 0.720. The van der Waals surface area contributed by atoms with E-state index in [1.807, 2.05) is 0 Å². The summed E-state index contributed by atoms with van der Waals surface area (Å²) in [6, 6.07) is 4.59. The van der Waals surface area contributed by atoms with E-state index in [4.69, 9.17) is 4.79 Å². The lowest BCUT2D eigenvalue weighted by Crippen LogP contribution is -1.91. The number of hydrogen-bond acceptors (Lipinski definition) is 5. The molecule has 0 amide bonds. The number of benzene rings is 1. The van der Waals surface area contributed by atoms with Crippen molar-refractivity contribution in [2.75, 3.05) is 0 Å². The summed E-state index contributed by atoms with van der Waals surface area (Å²) in [6.07, 6.45) is 0. The molecule has 0 saturated heterocycles. The number of halogens is 1. The zero-order chi connectivity index (χ0) is 11.8. The Bertz CT molecular complexity index is 352. The highest BCUT2D eigenvalue weighted by Crippen LogP contribution is 2.18. The van der Waals surface area contributed by atoms with E-state index in [-0.39, 0.29) is 17.1 Å². The van der Waals surface area contributed by atoms with Crippen molar-refractivity contribution in [3.8, 4) is 0 Å². The number of carbonyl (C=O) groups excluding carboxylic acids is 1. The van der Waals surface area contributed by atoms with Crippen molar-refractivity contribution in [2.24, 2.45) is 0 Å². The molecule has 0 heterocycles. The third kappa shape index (κ3) is 4.67. The van der Waals surface area contributed by atoms with Gasteiger partial charge in [0, 0.05) is 12.1 Å². The van der Waals surface area contributed by atoms with Gasteiger partial charge in [-0.3, -0.25) is 25.0 Å². The summed E-state index contributed by atoms with van der Waals surface area (Å²) >= 11 is 4.32. The number of nitro groups is 2. The first-order valence-corrected chi connectivity index (χ1v) is 3.89. The Hall–Kier alpha value is -2.02. The maximum atomic E-state index is 10.2. The molecular formula is C7H5ClN2O5. The smallest absolute Gasteiger partial charge is 0.276 e. The Morgan fingerprint density at radius 2 is 1.47 bits per heavy atom. The summed E-state index contributed by atoms with van der Waals surface area (Å²) in [5.41, 5.74) is -0.548. The minimum absolute atomic E-state index is 0.222. The highest BCUT2D eigenvalue weighted by Gasteiger charge is 2.11. The highest BCUT2D eigenvalue weighted by molar-refractivity contribution is 6.54. The number of hydrogen-bond donors (Lipinski definition) is 0. The maximum Gasteiger partial charge on any atom is 0.276 e. The van der Waals surface area contributed by atoms with Gasteiger partial charge in [0.15, 0.2) is 0 Å². The number of non-ortho nitro benzene ring substituents is 2. The molecule has 0 aromatic heterocycles. The Kier molecular flexibility index (Phi) is 5.57. The van der Waals surface area contributed by atoms with Gasteiger partial charge in [0.25, 0.3) is 11.4 Å². The molecule has 7 nitrogen and oxygen atoms in total. The van der Waals surface area contributed by atoms with Gasteiger partial charge < -0.3 is 0 Å². The summed E-state index contributed by atoms with van der Waals surface area (Å²) in [5, 5.41) is 20.3. The predicted molar refractivity (Wildman–Crippen MR) is 52.4 cm³/mol. The Morgan fingerprint density at radius 1 is 1.13 bits per heavy atom. The highest BCUT2D eigenvalue weighted by atomic mass is 35.5. The maximum absolute atomic E-state index is 10.2. The zero-order valence-electron chi connectivity index (χ0n) is 7.20. The fourth-order valence-corrected chi connectivity index (χ4v) is 0.720. The van der Waals surface area contributed by atoms with Gasteiger partial charge in [0.05, 0.1) is 15.9 Å². The van der Waals surface area contributed by atoms with Gasteiger partial charge in [-0.2, -0.15) is 0 Å². The van der Waals surface area contributed by atoms with Gasteiger partial charge in [-0.15, -0.1) is 0 Å². The van der Waals surface area contributed by atoms with Crippen LogP contribution in [0.2, 0.25) is 0 Å². The molecule has 0 unspecified atom stereocenters. The molecular weight excluding hydrogens is 228 g/mol. The minimum atomic E-state index is -0.674. The third-order valence-corrected chi connectivity index (χ3v) is 1.25. The van der Waals surface area contributed by atoms with Crippen LogP contribution >= 0.6 is 11.6 Å². The van der Waals surface area contributed by atoms with E-state index >= 15 is 0 Å². The molecule has 0 fully saturated rings. The lowest BCUT2D eigenvalue weighted by atomic mass is 10.3. The van der Waals surface area contributed by atoms with Crippen LogP contribution < -0.4 is 0 Å². The SMILES string of the molecule is O=CCl.O=[N+]([O-])c1cccc([N+](=O)[O-])c1. The second kappa shape index (κ2) is 6.44. The number of nitrogens with zero attached hydrogens (tertiary/aromatic N) is 2. The second-order valence-electron chi connectivity index (χ2n) is 2.12. The fraction of sp³-hybridized carbons (Fsp3) is 0. The molecule has 1 rings (SSSR count). The van der Waals surface area contributed by atoms with Crippen molar-refractivity contribution in [1.82, 2.24) is 0 Å². The summed E-state index contributed by atoms with van der Waals surface area (Å²) in [7, 11) is 0. The average Bonchev–Trinajstić information content (AvgIpc) is 2.19. The quantitative estimate of drug-likeness (QED) is 0.335. The van der Waals surface area contributed by atoms with Crippen LogP contribution in [0.3, 0.4) is 0 Å². The van der Waals surface area contributed by atoms with E-state index in [0.29, 0.717) is 0 Å². The van der Waals surface area contributed by atoms with Gasteiger partial charge in [-0.05, 0) is 17.7 Å². The molecule has 0 spiro atoms. The molecule has 0 radical (unpaired) electrons. The monoisotopic (exact) mass is 232 g/mol. The van der Waals surface area contributed by atoms with Crippen LogP contribution in [-0.2, 0) is 4.79 Å². The molecule has 0 atom stereocenters. The van der Waals surface area contributed by atoms with E-state index in [2.05, 4.69) is 11.6 Å². The van der Waals surface area contributed by atoms with Gasteiger partial charge in [-0.1, -0.05) is 0 Å². The summed E-state index contributed by atoms with van der Waals surface area (Å²) in [5.74, 6) is 0.222. The summed E-state index contributed by atoms with van der Waals surface area (Å²) < 4.78 is 0. The van der Waals surface area contributed by atoms with Crippen LogP contribution in [0, 0.1) is 20.2 Å². The van der Waals surface area contributed by atoms with E-state index in [1.54, 1.807) is 0 Å². The second-order valence-corrected chi connectivity index (χ2v) is 2.30. The van der Waals surface area contributed by atoms with Gasteiger partial charge in [0.1, 0.15) is 0 Å². The topological polar surface area (TPSA) is 103 Å². The predicted octanol–water partition coefficient (Wildman–Crippen LogP) is 1.92. The Labute approximate surface area is 88.6 Å². The van der Waals surface area contributed by atoms with Crippen LogP contribution in [0.25, 0.3) is 0 Å². The largest absolute Gasteiger partial charge is 0.285 e. The van der Waals surface area contributed by atoms with Crippen molar-refractivity contribution in [3.63, 3.8) is 0 Å². The van der Waals surface area contributed by atoms with E-state index < -0.39 is 9.85 Å². The number of carbonyl (C=O) groups is 1. The molecule has 0 bridgehead atoms. The average molecular weight is 233 g/mol. The molecule has 0 aliphatic carbocycles. The van der Waals surface area contributed by atoms with Gasteiger partial charge in [-0.25, -0.2) is 0 Å². The third-order valence-electron chi connectivity index (χ3n) is 1.25. The molecule has 1 aromatic rings. The summed E-state index contributed by atoms with van der Waals surface area (Å²) in [4.78, 5) is 27.5. The lowest BCUT2D eigenvalue weighted by Gasteiger charge is -1.90. The number of nitro benzene ring substituents is 2.